The Kier molecular flexibility index (Phi) is 6.04. The Balaban J connectivity index is 1.65. The van der Waals surface area contributed by atoms with Gasteiger partial charge in [0.05, 0.1) is 13.2 Å². The van der Waals surface area contributed by atoms with Gasteiger partial charge < -0.3 is 24.3 Å². The lowest BCUT2D eigenvalue weighted by atomic mass is 10.1. The Labute approximate surface area is 156 Å². The Hall–Kier alpha value is -1.92. The van der Waals surface area contributed by atoms with Crippen LogP contribution in [0.5, 0.6) is 23.0 Å². The maximum Gasteiger partial charge on any atom is 0.231 e. The van der Waals surface area contributed by atoms with Gasteiger partial charge in [-0.1, -0.05) is 22.0 Å². The van der Waals surface area contributed by atoms with Gasteiger partial charge in [-0.05, 0) is 49.2 Å². The van der Waals surface area contributed by atoms with Gasteiger partial charge in [-0.3, -0.25) is 0 Å². The monoisotopic (exact) mass is 407 g/mol. The number of hydrogen-bond acceptors (Lipinski definition) is 5. The van der Waals surface area contributed by atoms with Gasteiger partial charge in [0.15, 0.2) is 23.0 Å². The van der Waals surface area contributed by atoms with Crippen LogP contribution in [0, 0.1) is 0 Å². The third-order valence-electron chi connectivity index (χ3n) is 3.79. The van der Waals surface area contributed by atoms with E-state index in [0.717, 1.165) is 45.1 Å². The highest BCUT2D eigenvalue weighted by atomic mass is 79.9. The normalized spacial score (nSPS) is 12.3. The fourth-order valence-corrected chi connectivity index (χ4v) is 3.10. The van der Waals surface area contributed by atoms with Crippen molar-refractivity contribution in [3.05, 3.63) is 45.9 Å². The van der Waals surface area contributed by atoms with E-state index in [1.54, 1.807) is 0 Å². The van der Waals surface area contributed by atoms with E-state index in [1.807, 2.05) is 44.2 Å². The van der Waals surface area contributed by atoms with Crippen molar-refractivity contribution in [3.63, 3.8) is 0 Å². The molecule has 0 fully saturated rings. The predicted molar refractivity (Wildman–Crippen MR) is 99.6 cm³/mol. The molecule has 0 amide bonds. The molecule has 0 spiro atoms. The van der Waals surface area contributed by atoms with Crippen LogP contribution < -0.4 is 24.3 Å². The summed E-state index contributed by atoms with van der Waals surface area (Å²) in [6, 6.07) is 9.98. The van der Waals surface area contributed by atoms with E-state index < -0.39 is 0 Å². The number of benzene rings is 2. The summed E-state index contributed by atoms with van der Waals surface area (Å²) in [7, 11) is 0. The van der Waals surface area contributed by atoms with Crippen molar-refractivity contribution >= 4 is 15.9 Å². The highest BCUT2D eigenvalue weighted by molar-refractivity contribution is 9.10. The van der Waals surface area contributed by atoms with Gasteiger partial charge in [0.1, 0.15) is 0 Å². The number of fused-ring (bicyclic) bond motifs is 1. The summed E-state index contributed by atoms with van der Waals surface area (Å²) < 4.78 is 23.1. The second kappa shape index (κ2) is 8.45. The Morgan fingerprint density at radius 3 is 2.44 bits per heavy atom. The van der Waals surface area contributed by atoms with E-state index in [9.17, 15) is 0 Å². The van der Waals surface area contributed by atoms with Crippen LogP contribution in [0.2, 0.25) is 0 Å². The van der Waals surface area contributed by atoms with Gasteiger partial charge >= 0.3 is 0 Å². The second-order valence-corrected chi connectivity index (χ2v) is 6.40. The van der Waals surface area contributed by atoms with E-state index >= 15 is 0 Å². The summed E-state index contributed by atoms with van der Waals surface area (Å²) in [4.78, 5) is 0. The zero-order valence-electron chi connectivity index (χ0n) is 14.4. The molecule has 1 N–H and O–H groups in total. The quantitative estimate of drug-likeness (QED) is 0.707. The fourth-order valence-electron chi connectivity index (χ4n) is 2.64. The highest BCUT2D eigenvalue weighted by Crippen LogP contribution is 2.34. The average molecular weight is 408 g/mol. The molecule has 5 nitrogen and oxygen atoms in total. The second-order valence-electron chi connectivity index (χ2n) is 5.55. The summed E-state index contributed by atoms with van der Waals surface area (Å²) in [5.74, 6) is 3.14. The molecule has 1 aliphatic rings. The molecule has 0 aromatic heterocycles. The van der Waals surface area contributed by atoms with Crippen LogP contribution in [-0.4, -0.2) is 20.0 Å². The van der Waals surface area contributed by atoms with Crippen LogP contribution in [0.4, 0.5) is 0 Å². The maximum atomic E-state index is 5.70. The Morgan fingerprint density at radius 1 is 0.960 bits per heavy atom. The predicted octanol–water partition coefficient (Wildman–Crippen LogP) is 4.27. The van der Waals surface area contributed by atoms with Crippen molar-refractivity contribution in [3.8, 4) is 23.0 Å². The van der Waals surface area contributed by atoms with Crippen molar-refractivity contribution in [2.45, 2.75) is 26.9 Å². The maximum absolute atomic E-state index is 5.70. The summed E-state index contributed by atoms with van der Waals surface area (Å²) in [6.45, 7) is 6.88. The van der Waals surface area contributed by atoms with Crippen LogP contribution in [0.3, 0.4) is 0 Å². The Bertz CT molecular complexity index is 736. The lowest BCUT2D eigenvalue weighted by Crippen LogP contribution is -2.13. The van der Waals surface area contributed by atoms with Gasteiger partial charge in [0.25, 0.3) is 0 Å². The molecular formula is C19H22BrNO4. The first-order valence-corrected chi connectivity index (χ1v) is 9.17. The van der Waals surface area contributed by atoms with Crippen molar-refractivity contribution in [1.29, 1.82) is 0 Å². The molecule has 25 heavy (non-hydrogen) atoms. The minimum absolute atomic E-state index is 0.297. The Morgan fingerprint density at radius 2 is 1.68 bits per heavy atom. The average Bonchev–Trinajstić information content (AvgIpc) is 3.06. The molecule has 1 heterocycles. The minimum Gasteiger partial charge on any atom is -0.490 e. The molecule has 0 aliphatic carbocycles. The number of nitrogens with one attached hydrogen (secondary N) is 1. The lowest BCUT2D eigenvalue weighted by molar-refractivity contribution is 0.174. The van der Waals surface area contributed by atoms with Crippen molar-refractivity contribution < 1.29 is 18.9 Å². The molecule has 0 saturated carbocycles. The topological polar surface area (TPSA) is 49.0 Å². The van der Waals surface area contributed by atoms with E-state index in [-0.39, 0.29) is 0 Å². The molecular weight excluding hydrogens is 386 g/mol. The van der Waals surface area contributed by atoms with Gasteiger partial charge in [-0.15, -0.1) is 0 Å². The van der Waals surface area contributed by atoms with Crippen LogP contribution in [0.25, 0.3) is 0 Å². The molecule has 0 atom stereocenters. The SMILES string of the molecule is CCOc1cc(Br)c(CNCc2ccc3c(c2)OCO3)cc1OCC. The van der Waals surface area contributed by atoms with Gasteiger partial charge in [-0.25, -0.2) is 0 Å². The summed E-state index contributed by atoms with van der Waals surface area (Å²) >= 11 is 3.62. The first-order valence-electron chi connectivity index (χ1n) is 8.38. The summed E-state index contributed by atoms with van der Waals surface area (Å²) in [5, 5.41) is 3.45. The van der Waals surface area contributed by atoms with Crippen molar-refractivity contribution in [2.75, 3.05) is 20.0 Å². The standard InChI is InChI=1S/C19H22BrNO4/c1-3-22-18-8-14(15(20)9-19(18)23-4-2)11-21-10-13-5-6-16-17(7-13)25-12-24-16/h5-9,21H,3-4,10-12H2,1-2H3. The van der Waals surface area contributed by atoms with Gasteiger partial charge in [-0.2, -0.15) is 0 Å². The van der Waals surface area contributed by atoms with Crippen LogP contribution in [0.15, 0.2) is 34.8 Å². The van der Waals surface area contributed by atoms with Crippen LogP contribution in [0.1, 0.15) is 25.0 Å². The highest BCUT2D eigenvalue weighted by Gasteiger charge is 2.13. The molecule has 0 unspecified atom stereocenters. The van der Waals surface area contributed by atoms with Crippen molar-refractivity contribution in [2.24, 2.45) is 0 Å². The van der Waals surface area contributed by atoms with Gasteiger partial charge in [0, 0.05) is 17.6 Å². The minimum atomic E-state index is 0.297. The first kappa shape index (κ1) is 17.9. The van der Waals surface area contributed by atoms with Crippen LogP contribution >= 0.6 is 15.9 Å². The summed E-state index contributed by atoms with van der Waals surface area (Å²) in [6.07, 6.45) is 0. The molecule has 2 aromatic rings. The van der Waals surface area contributed by atoms with Crippen molar-refractivity contribution in [1.82, 2.24) is 5.32 Å². The fraction of sp³-hybridized carbons (Fsp3) is 0.368. The first-order chi connectivity index (χ1) is 12.2. The van der Waals surface area contributed by atoms with E-state index in [4.69, 9.17) is 18.9 Å². The zero-order valence-corrected chi connectivity index (χ0v) is 16.0. The molecule has 0 radical (unpaired) electrons. The molecule has 3 rings (SSSR count). The smallest absolute Gasteiger partial charge is 0.231 e. The number of ether oxygens (including phenoxy) is 4. The molecule has 2 aromatic carbocycles. The van der Waals surface area contributed by atoms with E-state index in [0.29, 0.717) is 26.6 Å². The number of hydrogen-bond donors (Lipinski definition) is 1. The molecule has 134 valence electrons. The number of halogens is 1. The molecule has 1 aliphatic heterocycles. The molecule has 6 heteroatoms. The van der Waals surface area contributed by atoms with Crippen LogP contribution in [-0.2, 0) is 13.1 Å². The summed E-state index contributed by atoms with van der Waals surface area (Å²) in [5.41, 5.74) is 2.27. The number of rotatable bonds is 8. The third kappa shape index (κ3) is 4.38. The van der Waals surface area contributed by atoms with E-state index in [2.05, 4.69) is 21.2 Å². The molecule has 0 saturated heterocycles. The zero-order chi connectivity index (χ0) is 17.6. The third-order valence-corrected chi connectivity index (χ3v) is 4.53. The molecule has 0 bridgehead atoms. The van der Waals surface area contributed by atoms with E-state index in [1.165, 1.54) is 0 Å². The largest absolute Gasteiger partial charge is 0.490 e. The van der Waals surface area contributed by atoms with Gasteiger partial charge in [0.2, 0.25) is 6.79 Å². The lowest BCUT2D eigenvalue weighted by Gasteiger charge is -2.15.